The van der Waals surface area contributed by atoms with E-state index in [1.54, 1.807) is 6.33 Å². The Balaban J connectivity index is 0.00000400. The number of aromatic nitrogens is 3. The smallest absolute Gasteiger partial charge is 0.191 e. The van der Waals surface area contributed by atoms with E-state index in [9.17, 15) is 0 Å². The predicted octanol–water partition coefficient (Wildman–Crippen LogP) is 2.06. The molecule has 122 valence electrons. The van der Waals surface area contributed by atoms with E-state index in [1.807, 2.05) is 0 Å². The molecule has 1 heterocycles. The molecule has 0 fully saturated rings. The van der Waals surface area contributed by atoms with Crippen LogP contribution in [0.3, 0.4) is 0 Å². The topological polar surface area (TPSA) is 67.1 Å². The Labute approximate surface area is 145 Å². The van der Waals surface area contributed by atoms with Crippen molar-refractivity contribution >= 4 is 29.9 Å². The van der Waals surface area contributed by atoms with E-state index in [4.69, 9.17) is 0 Å². The van der Waals surface area contributed by atoms with Gasteiger partial charge in [-0.1, -0.05) is 20.8 Å². The summed E-state index contributed by atoms with van der Waals surface area (Å²) >= 11 is 0. The highest BCUT2D eigenvalue weighted by atomic mass is 127. The lowest BCUT2D eigenvalue weighted by atomic mass is 10.1. The lowest BCUT2D eigenvalue weighted by Crippen LogP contribution is -2.39. The zero-order chi connectivity index (χ0) is 14.8. The summed E-state index contributed by atoms with van der Waals surface area (Å²) in [6.45, 7) is 12.0. The van der Waals surface area contributed by atoms with Crippen LogP contribution < -0.4 is 10.6 Å². The van der Waals surface area contributed by atoms with Crippen LogP contribution in [0.4, 0.5) is 0 Å². The Kier molecular flexibility index (Phi) is 11.3. The molecule has 0 aliphatic carbocycles. The van der Waals surface area contributed by atoms with Crippen molar-refractivity contribution in [3.63, 3.8) is 0 Å². The third-order valence-electron chi connectivity index (χ3n) is 2.98. The van der Waals surface area contributed by atoms with Gasteiger partial charge in [-0.15, -0.1) is 34.2 Å². The summed E-state index contributed by atoms with van der Waals surface area (Å²) in [5, 5.41) is 14.6. The normalized spacial score (nSPS) is 11.4. The summed E-state index contributed by atoms with van der Waals surface area (Å²) in [5.41, 5.74) is 0. The van der Waals surface area contributed by atoms with Crippen molar-refractivity contribution in [2.75, 3.05) is 19.6 Å². The molecule has 1 rings (SSSR count). The number of aliphatic imine (C=N–C) groups is 1. The van der Waals surface area contributed by atoms with E-state index >= 15 is 0 Å². The highest BCUT2D eigenvalue weighted by Crippen LogP contribution is 1.98. The fraction of sp³-hybridized carbons (Fsp3) is 0.786. The number of hydrogen-bond acceptors (Lipinski definition) is 3. The molecule has 0 bridgehead atoms. The summed E-state index contributed by atoms with van der Waals surface area (Å²) in [7, 11) is 0. The van der Waals surface area contributed by atoms with Crippen molar-refractivity contribution in [3.8, 4) is 0 Å². The van der Waals surface area contributed by atoms with Gasteiger partial charge in [0.2, 0.25) is 0 Å². The second kappa shape index (κ2) is 11.8. The number of nitrogens with zero attached hydrogens (tertiary/aromatic N) is 4. The lowest BCUT2D eigenvalue weighted by Gasteiger charge is -2.12. The molecule has 0 spiro atoms. The zero-order valence-corrected chi connectivity index (χ0v) is 15.9. The number of rotatable bonds is 8. The van der Waals surface area contributed by atoms with Gasteiger partial charge < -0.3 is 15.2 Å². The van der Waals surface area contributed by atoms with Crippen LogP contribution in [0, 0.1) is 5.92 Å². The average Bonchev–Trinajstić information content (AvgIpc) is 2.86. The van der Waals surface area contributed by atoms with Crippen molar-refractivity contribution in [3.05, 3.63) is 12.2 Å². The first-order chi connectivity index (χ1) is 9.67. The molecule has 1 aromatic rings. The minimum Gasteiger partial charge on any atom is -0.357 e. The van der Waals surface area contributed by atoms with E-state index in [-0.39, 0.29) is 24.0 Å². The van der Waals surface area contributed by atoms with Crippen LogP contribution in [0.5, 0.6) is 0 Å². The lowest BCUT2D eigenvalue weighted by molar-refractivity contribution is 0.591. The van der Waals surface area contributed by atoms with Crippen molar-refractivity contribution in [1.29, 1.82) is 0 Å². The molecule has 0 aliphatic heterocycles. The Morgan fingerprint density at radius 2 is 2.10 bits per heavy atom. The molecule has 0 atom stereocenters. The monoisotopic (exact) mass is 408 g/mol. The molecule has 21 heavy (non-hydrogen) atoms. The van der Waals surface area contributed by atoms with Gasteiger partial charge in [-0.05, 0) is 19.3 Å². The molecule has 0 saturated carbocycles. The van der Waals surface area contributed by atoms with E-state index in [0.717, 1.165) is 50.8 Å². The minimum absolute atomic E-state index is 0. The SMILES string of the molecule is CCNC(=NCCC(C)C)NCCn1cnnc1CC.I. The molecule has 1 aromatic heterocycles. The zero-order valence-electron chi connectivity index (χ0n) is 13.6. The largest absolute Gasteiger partial charge is 0.357 e. The van der Waals surface area contributed by atoms with Crippen LogP contribution in [0.1, 0.15) is 39.9 Å². The first-order valence-electron chi connectivity index (χ1n) is 7.56. The number of nitrogens with one attached hydrogen (secondary N) is 2. The summed E-state index contributed by atoms with van der Waals surface area (Å²) < 4.78 is 2.07. The number of halogens is 1. The standard InChI is InChI=1S/C14H28N6.HI/c1-5-13-19-18-11-20(13)10-9-17-14(15-6-2)16-8-7-12(3)4;/h11-12H,5-10H2,1-4H3,(H2,15,16,17);1H. The molecular formula is C14H29IN6. The molecular weight excluding hydrogens is 379 g/mol. The fourth-order valence-electron chi connectivity index (χ4n) is 1.81. The summed E-state index contributed by atoms with van der Waals surface area (Å²) in [6.07, 6.45) is 3.80. The third-order valence-corrected chi connectivity index (χ3v) is 2.98. The van der Waals surface area contributed by atoms with Gasteiger partial charge in [0.15, 0.2) is 5.96 Å². The Morgan fingerprint density at radius 3 is 2.71 bits per heavy atom. The second-order valence-corrected chi connectivity index (χ2v) is 5.16. The van der Waals surface area contributed by atoms with E-state index in [0.29, 0.717) is 5.92 Å². The molecule has 0 unspecified atom stereocenters. The van der Waals surface area contributed by atoms with E-state index in [1.165, 1.54) is 0 Å². The van der Waals surface area contributed by atoms with Gasteiger partial charge in [-0.3, -0.25) is 4.99 Å². The molecule has 0 aliphatic rings. The average molecular weight is 408 g/mol. The first-order valence-corrected chi connectivity index (χ1v) is 7.56. The summed E-state index contributed by atoms with van der Waals surface area (Å²) in [4.78, 5) is 4.57. The highest BCUT2D eigenvalue weighted by molar-refractivity contribution is 14.0. The van der Waals surface area contributed by atoms with Gasteiger partial charge in [-0.25, -0.2) is 0 Å². The van der Waals surface area contributed by atoms with Crippen molar-refractivity contribution in [1.82, 2.24) is 25.4 Å². The molecule has 2 N–H and O–H groups in total. The molecule has 0 radical (unpaired) electrons. The van der Waals surface area contributed by atoms with Gasteiger partial charge in [0.1, 0.15) is 12.2 Å². The Morgan fingerprint density at radius 1 is 1.33 bits per heavy atom. The number of hydrogen-bond donors (Lipinski definition) is 2. The fourth-order valence-corrected chi connectivity index (χ4v) is 1.81. The Hall–Kier alpha value is -0.860. The van der Waals surface area contributed by atoms with Gasteiger partial charge in [0.25, 0.3) is 0 Å². The van der Waals surface area contributed by atoms with Crippen LogP contribution in [-0.2, 0) is 13.0 Å². The van der Waals surface area contributed by atoms with Crippen LogP contribution in [0.25, 0.3) is 0 Å². The summed E-state index contributed by atoms with van der Waals surface area (Å²) in [5.74, 6) is 2.60. The first kappa shape index (κ1) is 20.1. The molecule has 7 heteroatoms. The highest BCUT2D eigenvalue weighted by Gasteiger charge is 2.02. The maximum atomic E-state index is 4.57. The van der Waals surface area contributed by atoms with Gasteiger partial charge in [0.05, 0.1) is 0 Å². The maximum absolute atomic E-state index is 4.57. The van der Waals surface area contributed by atoms with Gasteiger partial charge in [0, 0.05) is 32.6 Å². The molecule has 0 aromatic carbocycles. The van der Waals surface area contributed by atoms with E-state index < -0.39 is 0 Å². The van der Waals surface area contributed by atoms with Crippen LogP contribution in [-0.4, -0.2) is 40.4 Å². The van der Waals surface area contributed by atoms with Gasteiger partial charge >= 0.3 is 0 Å². The molecule has 6 nitrogen and oxygen atoms in total. The predicted molar refractivity (Wildman–Crippen MR) is 98.3 cm³/mol. The minimum atomic E-state index is 0. The Bertz CT molecular complexity index is 402. The van der Waals surface area contributed by atoms with Gasteiger partial charge in [-0.2, -0.15) is 0 Å². The van der Waals surface area contributed by atoms with Crippen LogP contribution >= 0.6 is 24.0 Å². The van der Waals surface area contributed by atoms with E-state index in [2.05, 4.69) is 58.1 Å². The van der Waals surface area contributed by atoms with Crippen molar-refractivity contribution in [2.24, 2.45) is 10.9 Å². The third kappa shape index (κ3) is 8.23. The van der Waals surface area contributed by atoms with Crippen molar-refractivity contribution in [2.45, 2.75) is 47.1 Å². The van der Waals surface area contributed by atoms with Crippen LogP contribution in [0.15, 0.2) is 11.3 Å². The van der Waals surface area contributed by atoms with Crippen LogP contribution in [0.2, 0.25) is 0 Å². The molecule has 0 saturated heterocycles. The summed E-state index contributed by atoms with van der Waals surface area (Å²) in [6, 6.07) is 0. The maximum Gasteiger partial charge on any atom is 0.191 e. The quantitative estimate of drug-likeness (QED) is 0.393. The molecule has 0 amide bonds. The second-order valence-electron chi connectivity index (χ2n) is 5.16. The number of aryl methyl sites for hydroxylation is 1. The number of guanidine groups is 1. The van der Waals surface area contributed by atoms with Crippen molar-refractivity contribution < 1.29 is 0 Å².